The normalized spacial score (nSPS) is 10.5. The Balaban J connectivity index is 2.33. The molecule has 0 aliphatic heterocycles. The third-order valence-electron chi connectivity index (χ3n) is 2.66. The van der Waals surface area contributed by atoms with E-state index >= 15 is 0 Å². The van der Waals surface area contributed by atoms with Gasteiger partial charge in [0, 0.05) is 21.6 Å². The molecule has 0 aromatic carbocycles. The summed E-state index contributed by atoms with van der Waals surface area (Å²) in [6.45, 7) is 2.34. The first-order chi connectivity index (χ1) is 9.01. The number of nitrogen functional groups attached to an aromatic ring is 1. The lowest BCUT2D eigenvalue weighted by Crippen LogP contribution is -2.29. The second-order valence-corrected chi connectivity index (χ2v) is 6.15. The van der Waals surface area contributed by atoms with Gasteiger partial charge in [-0.2, -0.15) is 0 Å². The Hall–Kier alpha value is -1.44. The van der Waals surface area contributed by atoms with Gasteiger partial charge in [-0.3, -0.25) is 15.0 Å². The van der Waals surface area contributed by atoms with Crippen molar-refractivity contribution < 1.29 is 4.79 Å². The van der Waals surface area contributed by atoms with Crippen LogP contribution in [-0.2, 0) is 6.54 Å². The monoisotopic (exact) mass is 341 g/mol. The zero-order chi connectivity index (χ0) is 14.0. The third-order valence-corrected chi connectivity index (χ3v) is 4.22. The van der Waals surface area contributed by atoms with E-state index in [2.05, 4.69) is 21.4 Å². The Morgan fingerprint density at radius 3 is 2.95 bits per heavy atom. The lowest BCUT2D eigenvalue weighted by Gasteiger charge is -2.05. The molecule has 0 radical (unpaired) electrons. The highest BCUT2D eigenvalue weighted by molar-refractivity contribution is 9.10. The number of nitrogens with one attached hydrogen (secondary N) is 1. The van der Waals surface area contributed by atoms with Gasteiger partial charge >= 0.3 is 0 Å². The fraction of sp³-hybridized carbons (Fsp3) is 0.167. The average molecular weight is 342 g/mol. The van der Waals surface area contributed by atoms with Gasteiger partial charge in [0.05, 0.1) is 11.4 Å². The molecule has 0 unspecified atom stereocenters. The summed E-state index contributed by atoms with van der Waals surface area (Å²) in [6.07, 6.45) is 1.72. The van der Waals surface area contributed by atoms with Crippen LogP contribution in [-0.4, -0.2) is 10.5 Å². The molecule has 0 bridgehead atoms. The Bertz CT molecular complexity index is 678. The summed E-state index contributed by atoms with van der Waals surface area (Å²) in [4.78, 5) is 24.7. The van der Waals surface area contributed by atoms with Crippen molar-refractivity contribution in [2.24, 2.45) is 5.84 Å². The number of amides is 1. The molecule has 1 amide bonds. The summed E-state index contributed by atoms with van der Waals surface area (Å²) in [5.74, 6) is 4.79. The Kier molecular flexibility index (Phi) is 4.18. The number of nitrogens with two attached hydrogens (primary N) is 1. The zero-order valence-corrected chi connectivity index (χ0v) is 12.5. The van der Waals surface area contributed by atoms with Gasteiger partial charge < -0.3 is 4.57 Å². The number of carbonyl (C=O) groups is 1. The number of hydrogen-bond donors (Lipinski definition) is 2. The first-order valence-corrected chi connectivity index (χ1v) is 7.08. The maximum atomic E-state index is 11.7. The fourth-order valence-corrected chi connectivity index (χ4v) is 2.99. The van der Waals surface area contributed by atoms with Gasteiger partial charge in [0.25, 0.3) is 11.5 Å². The molecule has 2 rings (SSSR count). The van der Waals surface area contributed by atoms with Crippen LogP contribution < -0.4 is 16.8 Å². The molecular formula is C12H12BrN3O2S. The minimum absolute atomic E-state index is 0.0846. The molecule has 0 spiro atoms. The summed E-state index contributed by atoms with van der Waals surface area (Å²) in [7, 11) is 0. The maximum Gasteiger partial charge on any atom is 0.275 e. The van der Waals surface area contributed by atoms with Crippen LogP contribution in [0.15, 0.2) is 33.7 Å². The molecule has 100 valence electrons. The zero-order valence-electron chi connectivity index (χ0n) is 10.1. The third kappa shape index (κ3) is 3.12. The number of thiophene rings is 1. The van der Waals surface area contributed by atoms with Crippen LogP contribution in [0.1, 0.15) is 20.1 Å². The summed E-state index contributed by atoms with van der Waals surface area (Å²) >= 11 is 4.69. The van der Waals surface area contributed by atoms with Crippen molar-refractivity contribution in [1.29, 1.82) is 0 Å². The summed E-state index contributed by atoms with van der Waals surface area (Å²) < 4.78 is 2.42. The van der Waals surface area contributed by atoms with Crippen molar-refractivity contribution in [3.63, 3.8) is 0 Å². The molecule has 2 aromatic heterocycles. The van der Waals surface area contributed by atoms with Crippen LogP contribution in [0.3, 0.4) is 0 Å². The quantitative estimate of drug-likeness (QED) is 0.506. The van der Waals surface area contributed by atoms with Crippen LogP contribution in [0, 0.1) is 6.92 Å². The van der Waals surface area contributed by atoms with Gasteiger partial charge in [-0.25, -0.2) is 5.84 Å². The van der Waals surface area contributed by atoms with Crippen molar-refractivity contribution in [1.82, 2.24) is 9.99 Å². The molecule has 19 heavy (non-hydrogen) atoms. The number of nitrogens with zero attached hydrogens (tertiary/aromatic N) is 1. The Morgan fingerprint density at radius 1 is 1.53 bits per heavy atom. The largest absolute Gasteiger partial charge is 0.310 e. The molecule has 5 nitrogen and oxygen atoms in total. The predicted molar refractivity (Wildman–Crippen MR) is 78.2 cm³/mol. The molecule has 2 aromatic rings. The first-order valence-electron chi connectivity index (χ1n) is 5.47. The Morgan fingerprint density at radius 2 is 2.26 bits per heavy atom. The van der Waals surface area contributed by atoms with Crippen LogP contribution in [0.2, 0.25) is 0 Å². The molecule has 0 atom stereocenters. The van der Waals surface area contributed by atoms with E-state index in [1.165, 1.54) is 17.4 Å². The summed E-state index contributed by atoms with van der Waals surface area (Å²) in [5.41, 5.74) is 2.95. The van der Waals surface area contributed by atoms with E-state index in [4.69, 9.17) is 5.84 Å². The highest BCUT2D eigenvalue weighted by Crippen LogP contribution is 2.22. The SMILES string of the molecule is Cc1sc(C(=O)NN)cc1Cn1cc(Br)ccc1=O. The minimum atomic E-state index is -0.319. The standard InChI is InChI=1S/C12H12BrN3O2S/c1-7-8(4-10(19-7)12(18)15-14)5-16-6-9(13)2-3-11(16)17/h2-4,6H,5,14H2,1H3,(H,15,18). The first kappa shape index (κ1) is 14.0. The fourth-order valence-electron chi connectivity index (χ4n) is 1.67. The van der Waals surface area contributed by atoms with E-state index in [1.54, 1.807) is 22.9 Å². The molecule has 0 aliphatic carbocycles. The van der Waals surface area contributed by atoms with Crippen molar-refractivity contribution in [3.8, 4) is 0 Å². The number of hydrazine groups is 1. The molecule has 3 N–H and O–H groups in total. The second kappa shape index (κ2) is 5.68. The van der Waals surface area contributed by atoms with Gasteiger partial charge in [-0.05, 0) is 40.5 Å². The van der Waals surface area contributed by atoms with E-state index in [0.717, 1.165) is 14.9 Å². The van der Waals surface area contributed by atoms with Crippen LogP contribution in [0.5, 0.6) is 0 Å². The highest BCUT2D eigenvalue weighted by atomic mass is 79.9. The van der Waals surface area contributed by atoms with Gasteiger partial charge in [0.2, 0.25) is 0 Å². The molecule has 7 heteroatoms. The highest BCUT2D eigenvalue weighted by Gasteiger charge is 2.12. The number of rotatable bonds is 3. The van der Waals surface area contributed by atoms with Crippen molar-refractivity contribution in [2.75, 3.05) is 0 Å². The smallest absolute Gasteiger partial charge is 0.275 e. The number of hydrogen-bond acceptors (Lipinski definition) is 4. The maximum absolute atomic E-state index is 11.7. The van der Waals surface area contributed by atoms with E-state index in [-0.39, 0.29) is 11.5 Å². The van der Waals surface area contributed by atoms with E-state index < -0.39 is 0 Å². The number of pyridine rings is 1. The van der Waals surface area contributed by atoms with E-state index in [1.807, 2.05) is 6.92 Å². The lowest BCUT2D eigenvalue weighted by atomic mass is 10.2. The van der Waals surface area contributed by atoms with Gasteiger partial charge in [-0.15, -0.1) is 11.3 Å². The van der Waals surface area contributed by atoms with Crippen LogP contribution >= 0.6 is 27.3 Å². The molecule has 0 fully saturated rings. The van der Waals surface area contributed by atoms with Gasteiger partial charge in [0.15, 0.2) is 0 Å². The van der Waals surface area contributed by atoms with Crippen molar-refractivity contribution in [3.05, 3.63) is 54.5 Å². The number of carbonyl (C=O) groups excluding carboxylic acids is 1. The van der Waals surface area contributed by atoms with Gasteiger partial charge in [0.1, 0.15) is 0 Å². The average Bonchev–Trinajstić information content (AvgIpc) is 2.74. The molecular weight excluding hydrogens is 330 g/mol. The number of aromatic nitrogens is 1. The van der Waals surface area contributed by atoms with Crippen molar-refractivity contribution >= 4 is 33.2 Å². The van der Waals surface area contributed by atoms with Crippen LogP contribution in [0.4, 0.5) is 0 Å². The summed E-state index contributed by atoms with van der Waals surface area (Å²) in [6, 6.07) is 4.96. The van der Waals surface area contributed by atoms with E-state index in [9.17, 15) is 9.59 Å². The summed E-state index contributed by atoms with van der Waals surface area (Å²) in [5, 5.41) is 0. The number of halogens is 1. The minimum Gasteiger partial charge on any atom is -0.310 e. The van der Waals surface area contributed by atoms with Crippen molar-refractivity contribution in [2.45, 2.75) is 13.5 Å². The van der Waals surface area contributed by atoms with Crippen LogP contribution in [0.25, 0.3) is 0 Å². The van der Waals surface area contributed by atoms with E-state index in [0.29, 0.717) is 11.4 Å². The lowest BCUT2D eigenvalue weighted by molar-refractivity contribution is 0.0957. The molecule has 0 aliphatic rings. The molecule has 0 saturated heterocycles. The second-order valence-electron chi connectivity index (χ2n) is 3.98. The van der Waals surface area contributed by atoms with Gasteiger partial charge in [-0.1, -0.05) is 0 Å². The molecule has 0 saturated carbocycles. The molecule has 2 heterocycles. The predicted octanol–water partition coefficient (Wildman–Crippen LogP) is 1.63. The number of aryl methyl sites for hydroxylation is 1. The topological polar surface area (TPSA) is 77.1 Å². The Labute approximate surface area is 122 Å².